The molecular weight excluding hydrogens is 466 g/mol. The summed E-state index contributed by atoms with van der Waals surface area (Å²) in [5.41, 5.74) is 3.79. The molecule has 0 saturated carbocycles. The summed E-state index contributed by atoms with van der Waals surface area (Å²) in [6.45, 7) is 4.57. The predicted octanol–water partition coefficient (Wildman–Crippen LogP) is 6.88. The zero-order valence-electron chi connectivity index (χ0n) is 18.9. The molecule has 5 nitrogen and oxygen atoms in total. The number of furan rings is 1. The van der Waals surface area contributed by atoms with E-state index in [1.54, 1.807) is 6.20 Å². The number of halogens is 1. The first-order chi connectivity index (χ1) is 16.5. The Labute approximate surface area is 209 Å². The summed E-state index contributed by atoms with van der Waals surface area (Å²) in [6, 6.07) is 23.3. The molecule has 0 unspecified atom stereocenters. The smallest absolute Gasteiger partial charge is 0.174 e. The second-order valence-electron chi connectivity index (χ2n) is 8.09. The number of pyridine rings is 1. The number of thiocarbonyl (C=S) groups is 1. The molecule has 4 aromatic rings. The normalized spacial score (nSPS) is 17.6. The highest BCUT2D eigenvalue weighted by molar-refractivity contribution is 7.80. The molecule has 0 aliphatic carbocycles. The van der Waals surface area contributed by atoms with Gasteiger partial charge < -0.3 is 19.4 Å². The van der Waals surface area contributed by atoms with Gasteiger partial charge in [-0.2, -0.15) is 0 Å². The maximum absolute atomic E-state index is 6.41. The van der Waals surface area contributed by atoms with Crippen molar-refractivity contribution < 1.29 is 9.15 Å². The summed E-state index contributed by atoms with van der Waals surface area (Å²) < 4.78 is 12.0. The zero-order chi connectivity index (χ0) is 23.7. The molecule has 1 aliphatic rings. The standard InChI is InChI=1S/C27H24ClN3O2S/c1-3-32-20-11-9-19(10-12-20)31-26(25(30-27(31)34)22-6-4-5-15-29-22)24-14-13-23(33-24)18-8-7-17(2)21(28)16-18/h4-16,25-26H,3H2,1-2H3,(H,30,34)/t25-,26+/m1/s1. The third-order valence-corrected chi connectivity index (χ3v) is 6.62. The average molecular weight is 490 g/mol. The fraction of sp³-hybridized carbons (Fsp3) is 0.185. The molecular formula is C27H24ClN3O2S. The Hall–Kier alpha value is -3.35. The lowest BCUT2D eigenvalue weighted by atomic mass is 10.0. The number of aryl methyl sites for hydroxylation is 1. The van der Waals surface area contributed by atoms with Crippen LogP contribution in [0, 0.1) is 6.92 Å². The van der Waals surface area contributed by atoms with E-state index in [2.05, 4.69) is 15.2 Å². The maximum Gasteiger partial charge on any atom is 0.174 e. The van der Waals surface area contributed by atoms with Crippen molar-refractivity contribution in [2.75, 3.05) is 11.5 Å². The second-order valence-corrected chi connectivity index (χ2v) is 8.88. The summed E-state index contributed by atoms with van der Waals surface area (Å²) in [5, 5.41) is 4.78. The van der Waals surface area contributed by atoms with Gasteiger partial charge in [0.05, 0.1) is 18.3 Å². The van der Waals surface area contributed by atoms with Crippen molar-refractivity contribution >= 4 is 34.6 Å². The van der Waals surface area contributed by atoms with Crippen LogP contribution >= 0.6 is 23.8 Å². The first-order valence-electron chi connectivity index (χ1n) is 11.1. The number of anilines is 1. The van der Waals surface area contributed by atoms with Crippen LogP contribution in [0.5, 0.6) is 5.75 Å². The molecule has 3 heterocycles. The second kappa shape index (κ2) is 9.49. The SMILES string of the molecule is CCOc1ccc(N2C(=S)N[C@H](c3ccccn3)[C@@H]2c2ccc(-c3ccc(C)c(Cl)c3)o2)cc1. The van der Waals surface area contributed by atoms with Gasteiger partial charge in [-0.25, -0.2) is 0 Å². The summed E-state index contributed by atoms with van der Waals surface area (Å²) in [7, 11) is 0. The van der Waals surface area contributed by atoms with Crippen molar-refractivity contribution in [1.82, 2.24) is 10.3 Å². The zero-order valence-corrected chi connectivity index (χ0v) is 20.4. The number of benzene rings is 2. The number of nitrogens with one attached hydrogen (secondary N) is 1. The molecule has 34 heavy (non-hydrogen) atoms. The van der Waals surface area contributed by atoms with Crippen LogP contribution in [-0.4, -0.2) is 16.7 Å². The van der Waals surface area contributed by atoms with Crippen molar-refractivity contribution in [2.24, 2.45) is 0 Å². The highest BCUT2D eigenvalue weighted by atomic mass is 35.5. The highest BCUT2D eigenvalue weighted by Crippen LogP contribution is 2.43. The van der Waals surface area contributed by atoms with E-state index in [-0.39, 0.29) is 12.1 Å². The van der Waals surface area contributed by atoms with Gasteiger partial charge in [0.2, 0.25) is 0 Å². The lowest BCUT2D eigenvalue weighted by Crippen LogP contribution is -2.29. The van der Waals surface area contributed by atoms with E-state index in [4.69, 9.17) is 33.0 Å². The van der Waals surface area contributed by atoms with Crippen molar-refractivity contribution in [3.05, 3.63) is 101 Å². The Kier molecular flexibility index (Phi) is 6.26. The van der Waals surface area contributed by atoms with Gasteiger partial charge in [0.15, 0.2) is 5.11 Å². The number of aromatic nitrogens is 1. The molecule has 1 N–H and O–H groups in total. The number of nitrogens with zero attached hydrogens (tertiary/aromatic N) is 2. The van der Waals surface area contributed by atoms with Crippen LogP contribution in [-0.2, 0) is 0 Å². The molecule has 5 rings (SSSR count). The van der Waals surface area contributed by atoms with E-state index in [9.17, 15) is 0 Å². The third kappa shape index (κ3) is 4.27. The lowest BCUT2D eigenvalue weighted by molar-refractivity contribution is 0.340. The first kappa shape index (κ1) is 22.4. The van der Waals surface area contributed by atoms with Gasteiger partial charge in [-0.15, -0.1) is 0 Å². The number of hydrogen-bond acceptors (Lipinski definition) is 4. The van der Waals surface area contributed by atoms with Crippen LogP contribution in [0.2, 0.25) is 5.02 Å². The lowest BCUT2D eigenvalue weighted by Gasteiger charge is -2.26. The molecule has 0 bridgehead atoms. The number of ether oxygens (including phenoxy) is 1. The van der Waals surface area contributed by atoms with E-state index in [0.717, 1.165) is 39.8 Å². The fourth-order valence-corrected chi connectivity index (χ4v) is 4.73. The first-order valence-corrected chi connectivity index (χ1v) is 11.9. The van der Waals surface area contributed by atoms with Crippen molar-refractivity contribution in [3.8, 4) is 17.1 Å². The molecule has 0 amide bonds. The molecule has 2 aromatic carbocycles. The Morgan fingerprint density at radius 1 is 1.09 bits per heavy atom. The highest BCUT2D eigenvalue weighted by Gasteiger charge is 2.42. The van der Waals surface area contributed by atoms with Gasteiger partial charge in [-0.05, 0) is 86.2 Å². The van der Waals surface area contributed by atoms with Crippen LogP contribution in [0.1, 0.15) is 36.0 Å². The van der Waals surface area contributed by atoms with Gasteiger partial charge in [0, 0.05) is 22.5 Å². The third-order valence-electron chi connectivity index (χ3n) is 5.90. The van der Waals surface area contributed by atoms with Crippen LogP contribution < -0.4 is 15.0 Å². The molecule has 7 heteroatoms. The molecule has 1 aliphatic heterocycles. The van der Waals surface area contributed by atoms with Gasteiger partial charge >= 0.3 is 0 Å². The van der Waals surface area contributed by atoms with Crippen molar-refractivity contribution in [3.63, 3.8) is 0 Å². The number of rotatable bonds is 6. The number of hydrogen-bond donors (Lipinski definition) is 1. The van der Waals surface area contributed by atoms with Crippen LogP contribution in [0.15, 0.2) is 83.4 Å². The fourth-order valence-electron chi connectivity index (χ4n) is 4.20. The van der Waals surface area contributed by atoms with E-state index in [1.165, 1.54) is 0 Å². The molecule has 2 aromatic heterocycles. The molecule has 1 fully saturated rings. The summed E-state index contributed by atoms with van der Waals surface area (Å²) in [6.07, 6.45) is 1.79. The van der Waals surface area contributed by atoms with Gasteiger partial charge in [0.1, 0.15) is 23.3 Å². The van der Waals surface area contributed by atoms with Gasteiger partial charge in [-0.3, -0.25) is 4.98 Å². The summed E-state index contributed by atoms with van der Waals surface area (Å²) in [4.78, 5) is 6.67. The van der Waals surface area contributed by atoms with Gasteiger partial charge in [-0.1, -0.05) is 29.8 Å². The Balaban J connectivity index is 1.56. The minimum Gasteiger partial charge on any atom is -0.494 e. The van der Waals surface area contributed by atoms with Crippen LogP contribution in [0.25, 0.3) is 11.3 Å². The minimum atomic E-state index is -0.227. The van der Waals surface area contributed by atoms with E-state index in [0.29, 0.717) is 16.7 Å². The monoisotopic (exact) mass is 489 g/mol. The summed E-state index contributed by atoms with van der Waals surface area (Å²) >= 11 is 12.2. The summed E-state index contributed by atoms with van der Waals surface area (Å²) in [5.74, 6) is 2.35. The topological polar surface area (TPSA) is 50.5 Å². The molecule has 2 atom stereocenters. The molecule has 172 valence electrons. The van der Waals surface area contributed by atoms with E-state index < -0.39 is 0 Å². The molecule has 0 radical (unpaired) electrons. The van der Waals surface area contributed by atoms with E-state index in [1.807, 2.05) is 86.6 Å². The Morgan fingerprint density at radius 2 is 1.91 bits per heavy atom. The molecule has 1 saturated heterocycles. The Morgan fingerprint density at radius 3 is 2.62 bits per heavy atom. The average Bonchev–Trinajstić information content (AvgIpc) is 3.47. The van der Waals surface area contributed by atoms with Crippen molar-refractivity contribution in [1.29, 1.82) is 0 Å². The van der Waals surface area contributed by atoms with Crippen molar-refractivity contribution in [2.45, 2.75) is 25.9 Å². The minimum absolute atomic E-state index is 0.180. The van der Waals surface area contributed by atoms with E-state index >= 15 is 0 Å². The van der Waals surface area contributed by atoms with Crippen LogP contribution in [0.3, 0.4) is 0 Å². The van der Waals surface area contributed by atoms with Gasteiger partial charge in [0.25, 0.3) is 0 Å². The quantitative estimate of drug-likeness (QED) is 0.298. The predicted molar refractivity (Wildman–Crippen MR) is 139 cm³/mol. The Bertz CT molecular complexity index is 1310. The molecule has 0 spiro atoms. The maximum atomic E-state index is 6.41. The van der Waals surface area contributed by atoms with Crippen LogP contribution in [0.4, 0.5) is 5.69 Å². The largest absolute Gasteiger partial charge is 0.494 e.